The molecule has 0 fully saturated rings. The molecule has 2 aromatic heterocycles. The summed E-state index contributed by atoms with van der Waals surface area (Å²) in [6.07, 6.45) is -4.25. The Bertz CT molecular complexity index is 1740. The Kier molecular flexibility index (Phi) is 8.14. The fraction of sp³-hybridized carbons (Fsp3) is 0.276. The summed E-state index contributed by atoms with van der Waals surface area (Å²) in [7, 11) is 0. The second kappa shape index (κ2) is 11.7. The third-order valence-corrected chi connectivity index (χ3v) is 6.79. The van der Waals surface area contributed by atoms with Gasteiger partial charge in [0.05, 0.1) is 29.2 Å². The summed E-state index contributed by atoms with van der Waals surface area (Å²) in [5.74, 6) is -4.46. The van der Waals surface area contributed by atoms with Gasteiger partial charge in [0.25, 0.3) is 0 Å². The Morgan fingerprint density at radius 3 is 2.48 bits per heavy atom. The van der Waals surface area contributed by atoms with Crippen molar-refractivity contribution in [3.05, 3.63) is 82.7 Å². The summed E-state index contributed by atoms with van der Waals surface area (Å²) < 4.78 is 107. The first-order valence-corrected chi connectivity index (χ1v) is 13.3. The molecule has 0 unspecified atom stereocenters. The van der Waals surface area contributed by atoms with Crippen molar-refractivity contribution >= 4 is 17.5 Å². The van der Waals surface area contributed by atoms with Gasteiger partial charge in [-0.1, -0.05) is 19.9 Å². The number of alkyl halides is 3. The first kappa shape index (κ1) is 30.6. The van der Waals surface area contributed by atoms with Crippen LogP contribution in [0.1, 0.15) is 30.7 Å². The zero-order valence-corrected chi connectivity index (χ0v) is 23.3. The van der Waals surface area contributed by atoms with Gasteiger partial charge >= 0.3 is 12.2 Å². The van der Waals surface area contributed by atoms with Gasteiger partial charge in [-0.25, -0.2) is 32.0 Å². The normalized spacial score (nSPS) is 13.3. The number of halogens is 7. The maximum absolute atomic E-state index is 15.7. The Labute approximate surface area is 246 Å². The molecular weight excluding hydrogens is 597 g/mol. The van der Waals surface area contributed by atoms with Crippen LogP contribution in [0.15, 0.2) is 42.6 Å². The number of amides is 2. The molecule has 2 aromatic carbocycles. The number of ether oxygens (including phenoxy) is 1. The van der Waals surface area contributed by atoms with Crippen LogP contribution < -0.4 is 20.7 Å². The van der Waals surface area contributed by atoms with Crippen molar-refractivity contribution in [2.75, 3.05) is 23.4 Å². The van der Waals surface area contributed by atoms with Gasteiger partial charge in [0.2, 0.25) is 0 Å². The van der Waals surface area contributed by atoms with Crippen molar-refractivity contribution in [3.8, 4) is 22.7 Å². The van der Waals surface area contributed by atoms with Crippen LogP contribution in [-0.4, -0.2) is 33.9 Å². The molecule has 1 aliphatic rings. The minimum Gasteiger partial charge on any atom is -0.491 e. The first-order valence-electron chi connectivity index (χ1n) is 13.3. The number of urea groups is 1. The average molecular weight is 623 g/mol. The number of pyridine rings is 1. The van der Waals surface area contributed by atoms with Crippen molar-refractivity contribution in [2.45, 2.75) is 33.0 Å². The van der Waals surface area contributed by atoms with Crippen LogP contribution in [0.3, 0.4) is 0 Å². The predicted octanol–water partition coefficient (Wildman–Crippen LogP) is 6.60. The summed E-state index contributed by atoms with van der Waals surface area (Å²) in [6, 6.07) is 4.65. The maximum atomic E-state index is 15.7. The number of carbonyl (C=O) groups excluding carboxylic acids is 1. The second-order valence-corrected chi connectivity index (χ2v) is 10.5. The lowest BCUT2D eigenvalue weighted by Gasteiger charge is -2.28. The van der Waals surface area contributed by atoms with E-state index in [1.165, 1.54) is 17.0 Å². The molecule has 0 radical (unpaired) electrons. The Morgan fingerprint density at radius 1 is 1.07 bits per heavy atom. The fourth-order valence-corrected chi connectivity index (χ4v) is 4.84. The molecule has 0 spiro atoms. The highest BCUT2D eigenvalue weighted by Gasteiger charge is 2.34. The number of para-hydroxylation sites is 1. The van der Waals surface area contributed by atoms with E-state index in [0.29, 0.717) is 24.0 Å². The van der Waals surface area contributed by atoms with Gasteiger partial charge in [-0.2, -0.15) is 18.3 Å². The molecule has 5 rings (SSSR count). The lowest BCUT2D eigenvalue weighted by molar-refractivity contribution is -0.138. The van der Waals surface area contributed by atoms with Crippen molar-refractivity contribution in [2.24, 2.45) is 11.7 Å². The van der Waals surface area contributed by atoms with E-state index in [9.17, 15) is 22.4 Å². The summed E-state index contributed by atoms with van der Waals surface area (Å²) in [6.45, 7) is 3.74. The van der Waals surface area contributed by atoms with Gasteiger partial charge < -0.3 is 20.7 Å². The van der Waals surface area contributed by atoms with E-state index in [1.807, 2.05) is 19.2 Å². The molecule has 4 aromatic rings. The van der Waals surface area contributed by atoms with Crippen molar-refractivity contribution in [1.82, 2.24) is 14.8 Å². The van der Waals surface area contributed by atoms with Gasteiger partial charge in [0, 0.05) is 42.9 Å². The predicted molar refractivity (Wildman–Crippen MR) is 146 cm³/mol. The van der Waals surface area contributed by atoms with Crippen LogP contribution in [-0.2, 0) is 19.1 Å². The molecule has 8 nitrogen and oxygen atoms in total. The van der Waals surface area contributed by atoms with Crippen LogP contribution >= 0.6 is 0 Å². The van der Waals surface area contributed by atoms with Gasteiger partial charge in [0.1, 0.15) is 23.1 Å². The summed E-state index contributed by atoms with van der Waals surface area (Å²) >= 11 is 0. The maximum Gasteiger partial charge on any atom is 0.417 e. The number of benzene rings is 2. The Morgan fingerprint density at radius 2 is 1.82 bits per heavy atom. The monoisotopic (exact) mass is 622 g/mol. The van der Waals surface area contributed by atoms with Crippen LogP contribution in [0.4, 0.5) is 47.0 Å². The lowest BCUT2D eigenvalue weighted by Crippen LogP contribution is -2.32. The first-order chi connectivity index (χ1) is 20.7. The highest BCUT2D eigenvalue weighted by Crippen LogP contribution is 2.40. The number of aromatic nitrogens is 3. The molecule has 2 amide bonds. The highest BCUT2D eigenvalue weighted by molar-refractivity contribution is 5.88. The number of carbonyl (C=O) groups is 1. The lowest BCUT2D eigenvalue weighted by atomic mass is 9.99. The van der Waals surface area contributed by atoms with E-state index in [0.717, 1.165) is 16.8 Å². The number of hydrogen-bond donors (Lipinski definition) is 2. The molecule has 0 bridgehead atoms. The molecule has 3 N–H and O–H groups in total. The number of nitrogens with one attached hydrogen (secondary N) is 1. The topological polar surface area (TPSA) is 98.3 Å². The molecule has 0 atom stereocenters. The third-order valence-electron chi connectivity index (χ3n) is 6.79. The minimum atomic E-state index is -4.82. The number of primary amides is 1. The molecule has 232 valence electrons. The molecule has 0 saturated carbocycles. The summed E-state index contributed by atoms with van der Waals surface area (Å²) in [4.78, 5) is 16.3. The zero-order valence-electron chi connectivity index (χ0n) is 23.3. The number of fused-ring (bicyclic) bond motifs is 1. The van der Waals surface area contributed by atoms with Crippen LogP contribution in [0.25, 0.3) is 16.9 Å². The van der Waals surface area contributed by atoms with Crippen LogP contribution in [0.2, 0.25) is 0 Å². The fourth-order valence-electron chi connectivity index (χ4n) is 4.84. The smallest absolute Gasteiger partial charge is 0.417 e. The van der Waals surface area contributed by atoms with Crippen molar-refractivity contribution < 1.29 is 40.3 Å². The van der Waals surface area contributed by atoms with E-state index in [2.05, 4.69) is 10.1 Å². The van der Waals surface area contributed by atoms with Gasteiger partial charge in [0.15, 0.2) is 17.5 Å². The zero-order chi connectivity index (χ0) is 31.9. The number of hydrogen-bond acceptors (Lipinski definition) is 5. The van der Waals surface area contributed by atoms with E-state index in [4.69, 9.17) is 10.5 Å². The highest BCUT2D eigenvalue weighted by atomic mass is 19.4. The van der Waals surface area contributed by atoms with Crippen molar-refractivity contribution in [1.29, 1.82) is 0 Å². The van der Waals surface area contributed by atoms with Crippen molar-refractivity contribution in [3.63, 3.8) is 0 Å². The van der Waals surface area contributed by atoms with E-state index in [1.54, 1.807) is 0 Å². The summed E-state index contributed by atoms with van der Waals surface area (Å²) in [5.41, 5.74) is 3.03. The molecule has 1 aliphatic heterocycles. The SMILES string of the molecule is CC(C)COc1cccc(F)c1-n1nc2c(c1-c1cc(F)c(NC(N)=O)cc1F)CN(c1ncc(C(F)(F)F)cc1F)CC2. The standard InChI is InChI=1S/C29H25F7N6O2/c1-14(2)13-44-24-5-3-4-18(30)26(24)42-25(16-9-20(32)23(10-19(16)31)39-28(37)43)17-12-41(7-6-22(17)40-42)27-21(33)8-15(11-38-27)29(34,35)36/h3-5,8-11,14H,6-7,12-13H2,1-2H3,(H3,37,39,43). The quantitative estimate of drug-likeness (QED) is 0.227. The Hall–Kier alpha value is -4.82. The number of nitrogens with two attached hydrogens (primary N) is 1. The number of anilines is 2. The molecule has 3 heterocycles. The number of rotatable bonds is 7. The molecule has 15 heteroatoms. The van der Waals surface area contributed by atoms with Crippen LogP contribution in [0.5, 0.6) is 5.75 Å². The average Bonchev–Trinajstić information content (AvgIpc) is 3.30. The van der Waals surface area contributed by atoms with Gasteiger partial charge in [-0.15, -0.1) is 0 Å². The number of nitrogens with zero attached hydrogens (tertiary/aromatic N) is 4. The summed E-state index contributed by atoms with van der Waals surface area (Å²) in [5, 5.41) is 6.49. The molecule has 44 heavy (non-hydrogen) atoms. The largest absolute Gasteiger partial charge is 0.491 e. The molecular formula is C29H25F7N6O2. The van der Waals surface area contributed by atoms with E-state index < -0.39 is 58.1 Å². The minimum absolute atomic E-state index is 0.0467. The van der Waals surface area contributed by atoms with Crippen LogP contribution in [0, 0.1) is 29.2 Å². The second-order valence-electron chi connectivity index (χ2n) is 10.5. The van der Waals surface area contributed by atoms with Gasteiger partial charge in [-0.05, 0) is 30.2 Å². The molecule has 0 saturated heterocycles. The van der Waals surface area contributed by atoms with Gasteiger partial charge in [-0.3, -0.25) is 0 Å². The molecule has 0 aliphatic carbocycles. The van der Waals surface area contributed by atoms with E-state index in [-0.39, 0.29) is 54.7 Å². The van der Waals surface area contributed by atoms with E-state index >= 15 is 13.2 Å². The Balaban J connectivity index is 1.69. The third kappa shape index (κ3) is 5.98.